The summed E-state index contributed by atoms with van der Waals surface area (Å²) in [5.74, 6) is 0. The average Bonchev–Trinajstić information content (AvgIpc) is 2.35. The quantitative estimate of drug-likeness (QED) is 0.651. The number of rotatable bonds is 2. The molecular weight excluding hydrogens is 134 g/mol. The largest absolute Gasteiger partial charge is 0.324 e. The lowest BCUT2D eigenvalue weighted by molar-refractivity contribution is 0.216. The molecule has 0 aliphatic heterocycles. The summed E-state index contributed by atoms with van der Waals surface area (Å²) in [7, 11) is 0. The van der Waals surface area contributed by atoms with E-state index < -0.39 is 0 Å². The molecule has 1 rings (SSSR count). The topological polar surface area (TPSA) is 26.0 Å². The number of hydrogen-bond acceptors (Lipinski definition) is 1. The molecule has 1 aliphatic carbocycles. The molecule has 1 saturated carbocycles. The van der Waals surface area contributed by atoms with Crippen LogP contribution in [-0.4, -0.2) is 5.54 Å². The van der Waals surface area contributed by atoms with Gasteiger partial charge < -0.3 is 5.73 Å². The van der Waals surface area contributed by atoms with Crippen LogP contribution in [0.15, 0.2) is 0 Å². The van der Waals surface area contributed by atoms with Crippen molar-refractivity contribution < 1.29 is 0 Å². The maximum Gasteiger partial charge on any atom is 0.0264 e. The molecule has 0 aromatic rings. The van der Waals surface area contributed by atoms with Crippen LogP contribution in [0.5, 0.6) is 0 Å². The van der Waals surface area contributed by atoms with Crippen molar-refractivity contribution in [3.05, 3.63) is 0 Å². The highest BCUT2D eigenvalue weighted by Gasteiger charge is 2.64. The molecule has 1 heteroatoms. The molecule has 66 valence electrons. The molecule has 0 radical (unpaired) electrons. The highest BCUT2D eigenvalue weighted by atomic mass is 14.9. The van der Waals surface area contributed by atoms with E-state index in [2.05, 4.69) is 34.6 Å². The lowest BCUT2D eigenvalue weighted by Crippen LogP contribution is -2.43. The Morgan fingerprint density at radius 2 is 1.73 bits per heavy atom. The third-order valence-corrected chi connectivity index (χ3v) is 3.90. The van der Waals surface area contributed by atoms with Crippen molar-refractivity contribution in [2.24, 2.45) is 16.6 Å². The van der Waals surface area contributed by atoms with Crippen LogP contribution in [0, 0.1) is 10.8 Å². The summed E-state index contributed by atoms with van der Waals surface area (Å²) in [6, 6.07) is 0. The van der Waals surface area contributed by atoms with Gasteiger partial charge in [-0.25, -0.2) is 0 Å². The Hall–Kier alpha value is -0.0400. The normalized spacial score (nSPS) is 35.5. The van der Waals surface area contributed by atoms with Crippen LogP contribution >= 0.6 is 0 Å². The van der Waals surface area contributed by atoms with Gasteiger partial charge in [0.1, 0.15) is 0 Å². The Kier molecular flexibility index (Phi) is 1.65. The molecule has 2 N–H and O–H groups in total. The van der Waals surface area contributed by atoms with Crippen LogP contribution < -0.4 is 5.73 Å². The van der Waals surface area contributed by atoms with Crippen molar-refractivity contribution >= 4 is 0 Å². The second-order valence-corrected chi connectivity index (χ2v) is 5.27. The highest BCUT2D eigenvalue weighted by Crippen LogP contribution is 2.63. The van der Waals surface area contributed by atoms with Crippen molar-refractivity contribution in [1.82, 2.24) is 0 Å². The highest BCUT2D eigenvalue weighted by molar-refractivity contribution is 5.21. The fourth-order valence-corrected chi connectivity index (χ4v) is 2.12. The van der Waals surface area contributed by atoms with E-state index in [0.29, 0.717) is 10.8 Å². The van der Waals surface area contributed by atoms with Gasteiger partial charge in [-0.1, -0.05) is 34.6 Å². The molecule has 0 aromatic heterocycles. The molecule has 1 unspecified atom stereocenters. The predicted molar refractivity (Wildman–Crippen MR) is 49.4 cm³/mol. The van der Waals surface area contributed by atoms with Gasteiger partial charge in [-0.3, -0.25) is 0 Å². The fraction of sp³-hybridized carbons (Fsp3) is 1.00. The first-order chi connectivity index (χ1) is 4.77. The Balaban J connectivity index is 2.78. The third-order valence-electron chi connectivity index (χ3n) is 3.90. The second kappa shape index (κ2) is 2.01. The first-order valence-corrected chi connectivity index (χ1v) is 4.56. The van der Waals surface area contributed by atoms with E-state index in [0.717, 1.165) is 0 Å². The van der Waals surface area contributed by atoms with Crippen LogP contribution in [0.3, 0.4) is 0 Å². The van der Waals surface area contributed by atoms with Crippen molar-refractivity contribution in [2.45, 2.75) is 53.0 Å². The van der Waals surface area contributed by atoms with E-state index in [1.54, 1.807) is 0 Å². The molecule has 0 bridgehead atoms. The first-order valence-electron chi connectivity index (χ1n) is 4.56. The summed E-state index contributed by atoms with van der Waals surface area (Å²) in [6.07, 6.45) is 2.35. The molecule has 0 heterocycles. The van der Waals surface area contributed by atoms with E-state index >= 15 is 0 Å². The van der Waals surface area contributed by atoms with E-state index in [-0.39, 0.29) is 5.54 Å². The lowest BCUT2D eigenvalue weighted by Gasteiger charge is -2.33. The SMILES string of the molecule is CCC(C)(C)C1(N)CC1(C)C. The molecule has 1 nitrogen and oxygen atoms in total. The molecule has 11 heavy (non-hydrogen) atoms. The molecule has 0 amide bonds. The minimum absolute atomic E-state index is 0.0920. The van der Waals surface area contributed by atoms with Crippen LogP contribution in [0.2, 0.25) is 0 Å². The first kappa shape index (κ1) is 9.05. The molecule has 0 aromatic carbocycles. The summed E-state index contributed by atoms with van der Waals surface area (Å²) in [5.41, 5.74) is 7.07. The monoisotopic (exact) mass is 155 g/mol. The molecule has 1 aliphatic rings. The average molecular weight is 155 g/mol. The smallest absolute Gasteiger partial charge is 0.0264 e. The van der Waals surface area contributed by atoms with Crippen LogP contribution in [-0.2, 0) is 0 Å². The summed E-state index contributed by atoms with van der Waals surface area (Å²) in [5, 5.41) is 0. The number of hydrogen-bond donors (Lipinski definition) is 1. The van der Waals surface area contributed by atoms with Crippen molar-refractivity contribution in [1.29, 1.82) is 0 Å². The van der Waals surface area contributed by atoms with Gasteiger partial charge in [-0.2, -0.15) is 0 Å². The van der Waals surface area contributed by atoms with Crippen LogP contribution in [0.1, 0.15) is 47.5 Å². The Labute approximate surface area is 70.4 Å². The Morgan fingerprint density at radius 1 is 1.36 bits per heavy atom. The predicted octanol–water partition coefficient (Wildman–Crippen LogP) is 2.55. The van der Waals surface area contributed by atoms with Crippen LogP contribution in [0.4, 0.5) is 0 Å². The summed E-state index contributed by atoms with van der Waals surface area (Å²) < 4.78 is 0. The molecule has 1 fully saturated rings. The van der Waals surface area contributed by atoms with Gasteiger partial charge in [0, 0.05) is 5.54 Å². The number of nitrogens with two attached hydrogens (primary N) is 1. The lowest BCUT2D eigenvalue weighted by atomic mass is 9.76. The van der Waals surface area contributed by atoms with Crippen LogP contribution in [0.25, 0.3) is 0 Å². The van der Waals surface area contributed by atoms with Gasteiger partial charge in [0.2, 0.25) is 0 Å². The maximum absolute atomic E-state index is 6.31. The van der Waals surface area contributed by atoms with Gasteiger partial charge >= 0.3 is 0 Å². The summed E-state index contributed by atoms with van der Waals surface area (Å²) >= 11 is 0. The van der Waals surface area contributed by atoms with Gasteiger partial charge in [-0.05, 0) is 23.7 Å². The molecule has 1 atom stereocenters. The third kappa shape index (κ3) is 1.01. The summed E-state index contributed by atoms with van der Waals surface area (Å²) in [6.45, 7) is 11.3. The van der Waals surface area contributed by atoms with Gasteiger partial charge in [0.25, 0.3) is 0 Å². The van der Waals surface area contributed by atoms with E-state index in [9.17, 15) is 0 Å². The zero-order chi connectivity index (χ0) is 8.91. The van der Waals surface area contributed by atoms with Gasteiger partial charge in [0.05, 0.1) is 0 Å². The summed E-state index contributed by atoms with van der Waals surface area (Å²) in [4.78, 5) is 0. The van der Waals surface area contributed by atoms with Gasteiger partial charge in [-0.15, -0.1) is 0 Å². The minimum atomic E-state index is 0.0920. The minimum Gasteiger partial charge on any atom is -0.324 e. The fourth-order valence-electron chi connectivity index (χ4n) is 2.12. The zero-order valence-electron chi connectivity index (χ0n) is 8.49. The molecular formula is C10H21N. The second-order valence-electron chi connectivity index (χ2n) is 5.27. The van der Waals surface area contributed by atoms with Crippen molar-refractivity contribution in [3.63, 3.8) is 0 Å². The standard InChI is InChI=1S/C10H21N/c1-6-8(2,3)10(11)7-9(10,4)5/h6-7,11H2,1-5H3. The zero-order valence-corrected chi connectivity index (χ0v) is 8.49. The van der Waals surface area contributed by atoms with Gasteiger partial charge in [0.15, 0.2) is 0 Å². The molecule has 0 spiro atoms. The van der Waals surface area contributed by atoms with E-state index in [1.807, 2.05) is 0 Å². The maximum atomic E-state index is 6.31. The Morgan fingerprint density at radius 3 is 1.82 bits per heavy atom. The Bertz CT molecular complexity index is 170. The van der Waals surface area contributed by atoms with E-state index in [4.69, 9.17) is 5.73 Å². The van der Waals surface area contributed by atoms with Crippen molar-refractivity contribution in [3.8, 4) is 0 Å². The van der Waals surface area contributed by atoms with E-state index in [1.165, 1.54) is 12.8 Å². The van der Waals surface area contributed by atoms with Crippen molar-refractivity contribution in [2.75, 3.05) is 0 Å². The molecule has 0 saturated heterocycles.